The van der Waals surface area contributed by atoms with E-state index >= 15 is 0 Å². The maximum absolute atomic E-state index is 3.91. The highest BCUT2D eigenvalue weighted by atomic mass is 79.9. The van der Waals surface area contributed by atoms with Crippen LogP contribution < -0.4 is 0 Å². The molecular formula is C6H9BrN2. The Kier molecular flexibility index (Phi) is 2.28. The summed E-state index contributed by atoms with van der Waals surface area (Å²) >= 11 is 3.37. The summed E-state index contributed by atoms with van der Waals surface area (Å²) in [5.41, 5.74) is 2.49. The molecule has 0 radical (unpaired) electrons. The van der Waals surface area contributed by atoms with E-state index in [9.17, 15) is 0 Å². The molecule has 0 atom stereocenters. The third kappa shape index (κ3) is 1.33. The fourth-order valence-electron chi connectivity index (χ4n) is 0.759. The molecule has 1 aromatic rings. The SMILES string of the molecule is CCc1[nH]ncc1CBr. The van der Waals surface area contributed by atoms with Gasteiger partial charge in [-0.2, -0.15) is 5.10 Å². The molecule has 0 saturated heterocycles. The normalized spacial score (nSPS) is 10.0. The lowest BCUT2D eigenvalue weighted by molar-refractivity contribution is 0.968. The Labute approximate surface area is 62.8 Å². The van der Waals surface area contributed by atoms with E-state index in [1.807, 2.05) is 6.20 Å². The molecule has 0 amide bonds. The van der Waals surface area contributed by atoms with Gasteiger partial charge in [0.05, 0.1) is 6.20 Å². The second-order valence-corrected chi connectivity index (χ2v) is 2.42. The first-order valence-corrected chi connectivity index (χ1v) is 4.07. The van der Waals surface area contributed by atoms with E-state index in [0.29, 0.717) is 0 Å². The van der Waals surface area contributed by atoms with Crippen LogP contribution in [-0.2, 0) is 11.8 Å². The number of aromatic amines is 1. The Morgan fingerprint density at radius 1 is 1.78 bits per heavy atom. The molecule has 0 bridgehead atoms. The summed E-state index contributed by atoms with van der Waals surface area (Å²) in [6.45, 7) is 2.11. The summed E-state index contributed by atoms with van der Waals surface area (Å²) in [6, 6.07) is 0. The predicted molar refractivity (Wildman–Crippen MR) is 40.6 cm³/mol. The fourth-order valence-corrected chi connectivity index (χ4v) is 1.24. The van der Waals surface area contributed by atoms with Gasteiger partial charge in [0, 0.05) is 16.6 Å². The molecule has 1 N–H and O–H groups in total. The van der Waals surface area contributed by atoms with Crippen LogP contribution >= 0.6 is 15.9 Å². The molecule has 0 aromatic carbocycles. The molecule has 0 unspecified atom stereocenters. The number of alkyl halides is 1. The van der Waals surface area contributed by atoms with E-state index < -0.39 is 0 Å². The van der Waals surface area contributed by atoms with E-state index in [0.717, 1.165) is 11.8 Å². The largest absolute Gasteiger partial charge is 0.282 e. The van der Waals surface area contributed by atoms with Gasteiger partial charge in [-0.3, -0.25) is 5.10 Å². The molecule has 0 aliphatic carbocycles. The van der Waals surface area contributed by atoms with E-state index in [1.54, 1.807) is 0 Å². The molecule has 2 nitrogen and oxygen atoms in total. The van der Waals surface area contributed by atoms with Gasteiger partial charge in [-0.15, -0.1) is 0 Å². The van der Waals surface area contributed by atoms with Crippen LogP contribution in [0.15, 0.2) is 6.20 Å². The number of halogens is 1. The summed E-state index contributed by atoms with van der Waals surface area (Å²) in [5.74, 6) is 0. The van der Waals surface area contributed by atoms with Crippen molar-refractivity contribution < 1.29 is 0 Å². The molecule has 0 aliphatic rings. The van der Waals surface area contributed by atoms with Gasteiger partial charge in [-0.1, -0.05) is 22.9 Å². The standard InChI is InChI=1S/C6H9BrN2/c1-2-6-5(3-7)4-8-9-6/h4H,2-3H2,1H3,(H,8,9). The molecule has 9 heavy (non-hydrogen) atoms. The highest BCUT2D eigenvalue weighted by molar-refractivity contribution is 9.08. The molecule has 3 heteroatoms. The van der Waals surface area contributed by atoms with Crippen molar-refractivity contribution in [3.05, 3.63) is 17.5 Å². The quantitative estimate of drug-likeness (QED) is 0.706. The van der Waals surface area contributed by atoms with Crippen LogP contribution in [0, 0.1) is 0 Å². The lowest BCUT2D eigenvalue weighted by Gasteiger charge is -1.90. The summed E-state index contributed by atoms with van der Waals surface area (Å²) in [7, 11) is 0. The van der Waals surface area contributed by atoms with Crippen LogP contribution in [0.25, 0.3) is 0 Å². The van der Waals surface area contributed by atoms with Gasteiger partial charge in [-0.05, 0) is 6.42 Å². The zero-order valence-corrected chi connectivity index (χ0v) is 6.90. The minimum Gasteiger partial charge on any atom is -0.282 e. The number of hydrogen-bond donors (Lipinski definition) is 1. The number of hydrogen-bond acceptors (Lipinski definition) is 1. The van der Waals surface area contributed by atoms with Crippen molar-refractivity contribution in [3.8, 4) is 0 Å². The zero-order chi connectivity index (χ0) is 6.69. The average Bonchev–Trinajstić information content (AvgIpc) is 2.33. The molecule has 0 saturated carbocycles. The Morgan fingerprint density at radius 3 is 3.00 bits per heavy atom. The Bertz CT molecular complexity index is 164. The highest BCUT2D eigenvalue weighted by Crippen LogP contribution is 2.08. The Balaban J connectivity index is 2.85. The first-order chi connectivity index (χ1) is 4.38. The fraction of sp³-hybridized carbons (Fsp3) is 0.500. The van der Waals surface area contributed by atoms with Crippen LogP contribution in [-0.4, -0.2) is 10.2 Å². The van der Waals surface area contributed by atoms with Gasteiger partial charge in [-0.25, -0.2) is 0 Å². The van der Waals surface area contributed by atoms with Gasteiger partial charge in [0.15, 0.2) is 0 Å². The minimum absolute atomic E-state index is 0.896. The molecule has 0 spiro atoms. The third-order valence-corrected chi connectivity index (χ3v) is 1.91. The smallest absolute Gasteiger partial charge is 0.0530 e. The molecule has 1 rings (SSSR count). The maximum Gasteiger partial charge on any atom is 0.0530 e. The molecular weight excluding hydrogens is 180 g/mol. The van der Waals surface area contributed by atoms with E-state index in [2.05, 4.69) is 33.1 Å². The minimum atomic E-state index is 0.896. The zero-order valence-electron chi connectivity index (χ0n) is 5.32. The molecule has 0 fully saturated rings. The summed E-state index contributed by atoms with van der Waals surface area (Å²) in [6.07, 6.45) is 2.88. The van der Waals surface area contributed by atoms with Crippen LogP contribution in [0.5, 0.6) is 0 Å². The topological polar surface area (TPSA) is 28.7 Å². The van der Waals surface area contributed by atoms with Gasteiger partial charge in [0.2, 0.25) is 0 Å². The summed E-state index contributed by atoms with van der Waals surface area (Å²) in [5, 5.41) is 7.73. The second kappa shape index (κ2) is 3.01. The van der Waals surface area contributed by atoms with Gasteiger partial charge >= 0.3 is 0 Å². The lowest BCUT2D eigenvalue weighted by Crippen LogP contribution is -1.84. The number of nitrogens with one attached hydrogen (secondary N) is 1. The second-order valence-electron chi connectivity index (χ2n) is 1.86. The van der Waals surface area contributed by atoms with E-state index in [4.69, 9.17) is 0 Å². The number of H-pyrrole nitrogens is 1. The van der Waals surface area contributed by atoms with E-state index in [1.165, 1.54) is 11.3 Å². The van der Waals surface area contributed by atoms with Crippen molar-refractivity contribution >= 4 is 15.9 Å². The van der Waals surface area contributed by atoms with Crippen molar-refractivity contribution in [1.82, 2.24) is 10.2 Å². The van der Waals surface area contributed by atoms with Crippen molar-refractivity contribution in [3.63, 3.8) is 0 Å². The number of aromatic nitrogens is 2. The Hall–Kier alpha value is -0.310. The summed E-state index contributed by atoms with van der Waals surface area (Å²) in [4.78, 5) is 0. The lowest BCUT2D eigenvalue weighted by atomic mass is 10.2. The first-order valence-electron chi connectivity index (χ1n) is 2.95. The molecule has 0 aliphatic heterocycles. The molecule has 1 aromatic heterocycles. The van der Waals surface area contributed by atoms with Gasteiger partial charge < -0.3 is 0 Å². The number of nitrogens with zero attached hydrogens (tertiary/aromatic N) is 1. The van der Waals surface area contributed by atoms with Gasteiger partial charge in [0.25, 0.3) is 0 Å². The van der Waals surface area contributed by atoms with Crippen molar-refractivity contribution in [1.29, 1.82) is 0 Å². The summed E-state index contributed by atoms with van der Waals surface area (Å²) < 4.78 is 0. The Morgan fingerprint density at radius 2 is 2.56 bits per heavy atom. The predicted octanol–water partition coefficient (Wildman–Crippen LogP) is 1.87. The van der Waals surface area contributed by atoms with Crippen LogP contribution in [0.4, 0.5) is 0 Å². The maximum atomic E-state index is 3.91. The highest BCUT2D eigenvalue weighted by Gasteiger charge is 1.98. The average molecular weight is 189 g/mol. The van der Waals surface area contributed by atoms with Crippen LogP contribution in [0.1, 0.15) is 18.2 Å². The van der Waals surface area contributed by atoms with Crippen LogP contribution in [0.2, 0.25) is 0 Å². The van der Waals surface area contributed by atoms with Gasteiger partial charge in [0.1, 0.15) is 0 Å². The first kappa shape index (κ1) is 6.81. The number of rotatable bonds is 2. The van der Waals surface area contributed by atoms with Crippen molar-refractivity contribution in [2.45, 2.75) is 18.7 Å². The number of aryl methyl sites for hydroxylation is 1. The molecule has 1 heterocycles. The molecule has 50 valence electrons. The van der Waals surface area contributed by atoms with Crippen molar-refractivity contribution in [2.75, 3.05) is 0 Å². The van der Waals surface area contributed by atoms with Crippen molar-refractivity contribution in [2.24, 2.45) is 0 Å². The van der Waals surface area contributed by atoms with Crippen LogP contribution in [0.3, 0.4) is 0 Å². The monoisotopic (exact) mass is 188 g/mol. The third-order valence-electron chi connectivity index (χ3n) is 1.31. The van der Waals surface area contributed by atoms with E-state index in [-0.39, 0.29) is 0 Å².